The van der Waals surface area contributed by atoms with Crippen LogP contribution in [-0.2, 0) is 14.3 Å². The van der Waals surface area contributed by atoms with Gasteiger partial charge in [-0.15, -0.1) is 0 Å². The van der Waals surface area contributed by atoms with Crippen LogP contribution in [0.2, 0.25) is 0 Å². The Morgan fingerprint density at radius 1 is 1.12 bits per heavy atom. The van der Waals surface area contributed by atoms with Gasteiger partial charge in [0.15, 0.2) is 5.76 Å². The van der Waals surface area contributed by atoms with E-state index in [0.29, 0.717) is 18.1 Å². The number of furan rings is 1. The summed E-state index contributed by atoms with van der Waals surface area (Å²) in [4.78, 5) is 42.5. The predicted octanol–water partition coefficient (Wildman–Crippen LogP) is 1.63. The Morgan fingerprint density at radius 2 is 1.82 bits per heavy atom. The monoisotopic (exact) mass is 469 g/mol. The van der Waals surface area contributed by atoms with Gasteiger partial charge in [0.05, 0.1) is 31.9 Å². The molecule has 0 radical (unpaired) electrons. The highest BCUT2D eigenvalue weighted by atomic mass is 16.5. The zero-order valence-electron chi connectivity index (χ0n) is 20.0. The minimum atomic E-state index is -1.13. The molecule has 3 heterocycles. The number of rotatable bonds is 9. The van der Waals surface area contributed by atoms with Crippen LogP contribution < -0.4 is 9.64 Å². The topological polar surface area (TPSA) is 90.5 Å². The number of morpholine rings is 1. The summed E-state index contributed by atoms with van der Waals surface area (Å²) >= 11 is 0. The van der Waals surface area contributed by atoms with Crippen LogP contribution in [0.25, 0.3) is 0 Å². The van der Waals surface area contributed by atoms with E-state index >= 15 is 0 Å². The fraction of sp³-hybridized carbons (Fsp3) is 0.500. The fourth-order valence-electron chi connectivity index (χ4n) is 4.75. The lowest BCUT2D eigenvalue weighted by atomic mass is 9.88. The van der Waals surface area contributed by atoms with Crippen molar-refractivity contribution in [2.24, 2.45) is 5.92 Å². The van der Waals surface area contributed by atoms with Crippen LogP contribution in [0.4, 0.5) is 0 Å². The molecule has 2 aromatic rings. The number of quaternary nitrogens is 1. The number of benzene rings is 1. The number of amides is 1. The molecule has 2 fully saturated rings. The highest BCUT2D eigenvalue weighted by Gasteiger charge is 2.52. The van der Waals surface area contributed by atoms with Crippen molar-refractivity contribution in [3.63, 3.8) is 0 Å². The van der Waals surface area contributed by atoms with Gasteiger partial charge in [-0.1, -0.05) is 12.1 Å². The van der Waals surface area contributed by atoms with Crippen molar-refractivity contribution in [3.05, 3.63) is 53.5 Å². The van der Waals surface area contributed by atoms with E-state index in [0.717, 1.165) is 44.8 Å². The molecule has 8 nitrogen and oxygen atoms in total. The maximum Gasteiger partial charge on any atom is 0.291 e. The van der Waals surface area contributed by atoms with Crippen molar-refractivity contribution in [2.75, 3.05) is 39.4 Å². The second-order valence-corrected chi connectivity index (χ2v) is 9.26. The molecule has 1 N–H and O–H groups in total. The number of Topliss-reactive ketones (excluding diaryl/α,β-unsaturated/α-hetero) is 2. The van der Waals surface area contributed by atoms with E-state index in [4.69, 9.17) is 13.9 Å². The molecule has 2 atom stereocenters. The van der Waals surface area contributed by atoms with Crippen LogP contribution in [0, 0.1) is 12.8 Å². The van der Waals surface area contributed by atoms with Gasteiger partial charge in [0, 0.05) is 13.0 Å². The van der Waals surface area contributed by atoms with E-state index in [2.05, 4.69) is 0 Å². The second-order valence-electron chi connectivity index (χ2n) is 9.26. The summed E-state index contributed by atoms with van der Waals surface area (Å²) in [6, 6.07) is 9.88. The quantitative estimate of drug-likeness (QED) is 0.341. The molecule has 2 aliphatic heterocycles. The lowest BCUT2D eigenvalue weighted by Crippen LogP contribution is -3.14. The van der Waals surface area contributed by atoms with E-state index in [1.54, 1.807) is 24.0 Å². The number of ether oxygens (including phenoxy) is 2. The number of nitrogens with zero attached hydrogens (tertiary/aromatic N) is 1. The standard InChI is InChI=1S/C26H32N2O6/c1-17(2)33-20-8-6-19(7-9-20)23-22(24(29)21-10-5-18(3)34-21)25(30)26(31)28(23)12-4-11-27-13-15-32-16-14-27/h5-10,17,22-23H,4,11-16H2,1-3H3/p+1. The number of hydrogen-bond acceptors (Lipinski definition) is 6. The summed E-state index contributed by atoms with van der Waals surface area (Å²) in [7, 11) is 0. The van der Waals surface area contributed by atoms with Crippen LogP contribution in [0.3, 0.4) is 0 Å². The minimum absolute atomic E-state index is 0.0243. The first-order chi connectivity index (χ1) is 16.3. The fourth-order valence-corrected chi connectivity index (χ4v) is 4.75. The average Bonchev–Trinajstić information content (AvgIpc) is 3.36. The van der Waals surface area contributed by atoms with Crippen LogP contribution in [0.15, 0.2) is 40.8 Å². The maximum atomic E-state index is 13.3. The van der Waals surface area contributed by atoms with Crippen molar-refractivity contribution in [1.29, 1.82) is 0 Å². The third-order valence-corrected chi connectivity index (χ3v) is 6.39. The number of hydrogen-bond donors (Lipinski definition) is 1. The van der Waals surface area contributed by atoms with E-state index in [9.17, 15) is 14.4 Å². The molecule has 2 aliphatic rings. The summed E-state index contributed by atoms with van der Waals surface area (Å²) in [6.07, 6.45) is 0.761. The Labute approximate surface area is 199 Å². The van der Waals surface area contributed by atoms with Gasteiger partial charge in [-0.3, -0.25) is 14.4 Å². The van der Waals surface area contributed by atoms with Gasteiger partial charge in [0.2, 0.25) is 11.6 Å². The normalized spacial score (nSPS) is 21.5. The molecule has 1 amide bonds. The number of nitrogens with one attached hydrogen (secondary N) is 1. The van der Waals surface area contributed by atoms with Crippen molar-refractivity contribution >= 4 is 17.5 Å². The van der Waals surface area contributed by atoms with Crippen molar-refractivity contribution in [2.45, 2.75) is 39.3 Å². The average molecular weight is 470 g/mol. The lowest BCUT2D eigenvalue weighted by molar-refractivity contribution is -0.908. The Hall–Kier alpha value is -2.97. The summed E-state index contributed by atoms with van der Waals surface area (Å²) in [5.74, 6) is -1.49. The number of ketones is 2. The molecule has 0 saturated carbocycles. The van der Waals surface area contributed by atoms with Crippen LogP contribution >= 0.6 is 0 Å². The molecule has 1 aromatic heterocycles. The summed E-state index contributed by atoms with van der Waals surface area (Å²) < 4.78 is 16.7. The third kappa shape index (κ3) is 5.23. The molecule has 182 valence electrons. The van der Waals surface area contributed by atoms with Gasteiger partial charge in [-0.05, 0) is 50.6 Å². The molecule has 4 rings (SSSR count). The summed E-state index contributed by atoms with van der Waals surface area (Å²) in [5.41, 5.74) is 0.732. The van der Waals surface area contributed by atoms with Gasteiger partial charge in [0.25, 0.3) is 5.91 Å². The SMILES string of the molecule is Cc1ccc(C(=O)C2C(=O)C(=O)N(CCC[NH+]3CCOCC3)C2c2ccc(OC(C)C)cc2)o1. The first-order valence-electron chi connectivity index (χ1n) is 12.0. The number of carbonyl (C=O) groups excluding carboxylic acids is 3. The molecule has 0 aliphatic carbocycles. The molecule has 2 unspecified atom stereocenters. The Kier molecular flexibility index (Phi) is 7.48. The smallest absolute Gasteiger partial charge is 0.291 e. The maximum absolute atomic E-state index is 13.3. The molecule has 0 spiro atoms. The number of likely N-dealkylation sites (tertiary alicyclic amines) is 1. The zero-order chi connectivity index (χ0) is 24.2. The summed E-state index contributed by atoms with van der Waals surface area (Å²) in [6.45, 7) is 10.3. The van der Waals surface area contributed by atoms with Gasteiger partial charge in [-0.25, -0.2) is 0 Å². The first kappa shape index (κ1) is 24.2. The van der Waals surface area contributed by atoms with Crippen molar-refractivity contribution in [1.82, 2.24) is 4.90 Å². The van der Waals surface area contributed by atoms with Crippen LogP contribution in [-0.4, -0.2) is 67.9 Å². The molecule has 0 bridgehead atoms. The Morgan fingerprint density at radius 3 is 2.44 bits per heavy atom. The van der Waals surface area contributed by atoms with Gasteiger partial charge < -0.3 is 23.7 Å². The van der Waals surface area contributed by atoms with Crippen molar-refractivity contribution < 1.29 is 33.2 Å². The molecule has 1 aromatic carbocycles. The number of carbonyl (C=O) groups is 3. The Balaban J connectivity index is 1.59. The first-order valence-corrected chi connectivity index (χ1v) is 12.0. The van der Waals surface area contributed by atoms with Gasteiger partial charge in [-0.2, -0.15) is 0 Å². The van der Waals surface area contributed by atoms with Crippen molar-refractivity contribution in [3.8, 4) is 5.75 Å². The zero-order valence-corrected chi connectivity index (χ0v) is 20.0. The van der Waals surface area contributed by atoms with Crippen LogP contribution in [0.5, 0.6) is 5.75 Å². The highest BCUT2D eigenvalue weighted by Crippen LogP contribution is 2.39. The van der Waals surface area contributed by atoms with E-state index in [1.807, 2.05) is 38.1 Å². The highest BCUT2D eigenvalue weighted by molar-refractivity contribution is 6.43. The second kappa shape index (κ2) is 10.5. The van der Waals surface area contributed by atoms with Gasteiger partial charge >= 0.3 is 0 Å². The molecular weight excluding hydrogens is 436 g/mol. The molecule has 8 heteroatoms. The molecule has 34 heavy (non-hydrogen) atoms. The molecular formula is C26H33N2O6+. The minimum Gasteiger partial charge on any atom is -0.491 e. The van der Waals surface area contributed by atoms with E-state index < -0.39 is 29.4 Å². The largest absolute Gasteiger partial charge is 0.491 e. The number of aryl methyl sites for hydroxylation is 1. The van der Waals surface area contributed by atoms with Crippen LogP contribution in [0.1, 0.15) is 48.2 Å². The third-order valence-electron chi connectivity index (χ3n) is 6.39. The Bertz CT molecular complexity index is 1020. The molecule has 2 saturated heterocycles. The van der Waals surface area contributed by atoms with E-state index in [1.165, 1.54) is 4.90 Å². The predicted molar refractivity (Wildman–Crippen MR) is 124 cm³/mol. The van der Waals surface area contributed by atoms with E-state index in [-0.39, 0.29) is 11.9 Å². The summed E-state index contributed by atoms with van der Waals surface area (Å²) in [5, 5.41) is 0. The van der Waals surface area contributed by atoms with Gasteiger partial charge in [0.1, 0.15) is 30.5 Å². The lowest BCUT2D eigenvalue weighted by Gasteiger charge is -2.28.